The molecule has 1 rings (SSSR count). The minimum absolute atomic E-state index is 0.0696. The van der Waals surface area contributed by atoms with Gasteiger partial charge in [0, 0.05) is 14.1 Å². The standard InChI is InChI=1S/C9H9ClFNO2/c1-12(2)9(13)14-8-4-3-6(11)5-7(8)10/h3-5H,1-2H3. The average Bonchev–Trinajstić information content (AvgIpc) is 2.09. The number of carbonyl (C=O) groups is 1. The summed E-state index contributed by atoms with van der Waals surface area (Å²) in [6.07, 6.45) is -0.557. The average molecular weight is 218 g/mol. The third-order valence-corrected chi connectivity index (χ3v) is 1.75. The van der Waals surface area contributed by atoms with Gasteiger partial charge in [0.15, 0.2) is 5.75 Å². The van der Waals surface area contributed by atoms with Crippen LogP contribution >= 0.6 is 11.6 Å². The maximum atomic E-state index is 12.6. The quantitative estimate of drug-likeness (QED) is 0.724. The minimum Gasteiger partial charge on any atom is -0.409 e. The lowest BCUT2D eigenvalue weighted by atomic mass is 10.3. The molecule has 0 unspecified atom stereocenters. The normalized spacial score (nSPS) is 9.71. The Kier molecular flexibility index (Phi) is 3.30. The van der Waals surface area contributed by atoms with Gasteiger partial charge in [-0.1, -0.05) is 11.6 Å². The van der Waals surface area contributed by atoms with Crippen LogP contribution in [-0.2, 0) is 0 Å². The monoisotopic (exact) mass is 217 g/mol. The van der Waals surface area contributed by atoms with Crippen molar-refractivity contribution in [3.63, 3.8) is 0 Å². The molecule has 0 heterocycles. The molecular weight excluding hydrogens is 209 g/mol. The molecule has 1 amide bonds. The van der Waals surface area contributed by atoms with Gasteiger partial charge in [0.25, 0.3) is 0 Å². The van der Waals surface area contributed by atoms with Gasteiger partial charge in [-0.25, -0.2) is 9.18 Å². The molecule has 0 fully saturated rings. The fourth-order valence-corrected chi connectivity index (χ4v) is 0.949. The zero-order valence-corrected chi connectivity index (χ0v) is 8.51. The molecule has 0 N–H and O–H groups in total. The Morgan fingerprint density at radius 2 is 2.14 bits per heavy atom. The smallest absolute Gasteiger partial charge is 0.409 e. The second-order valence-corrected chi connectivity index (χ2v) is 3.24. The molecule has 0 aliphatic carbocycles. The number of halogens is 2. The Morgan fingerprint density at radius 3 is 2.64 bits per heavy atom. The van der Waals surface area contributed by atoms with E-state index in [0.29, 0.717) is 0 Å². The van der Waals surface area contributed by atoms with Gasteiger partial charge < -0.3 is 9.64 Å². The molecule has 0 spiro atoms. The maximum absolute atomic E-state index is 12.6. The number of ether oxygens (including phenoxy) is 1. The van der Waals surface area contributed by atoms with Crippen LogP contribution in [0.3, 0.4) is 0 Å². The van der Waals surface area contributed by atoms with Crippen molar-refractivity contribution in [2.75, 3.05) is 14.1 Å². The molecule has 0 saturated heterocycles. The van der Waals surface area contributed by atoms with E-state index in [-0.39, 0.29) is 10.8 Å². The van der Waals surface area contributed by atoms with E-state index in [0.717, 1.165) is 6.07 Å². The highest BCUT2D eigenvalue weighted by molar-refractivity contribution is 6.32. The van der Waals surface area contributed by atoms with E-state index >= 15 is 0 Å². The third kappa shape index (κ3) is 2.60. The number of hydrogen-bond acceptors (Lipinski definition) is 2. The predicted molar refractivity (Wildman–Crippen MR) is 51.1 cm³/mol. The maximum Gasteiger partial charge on any atom is 0.414 e. The van der Waals surface area contributed by atoms with E-state index in [2.05, 4.69) is 0 Å². The fraction of sp³-hybridized carbons (Fsp3) is 0.222. The summed E-state index contributed by atoms with van der Waals surface area (Å²) in [4.78, 5) is 12.4. The van der Waals surface area contributed by atoms with Gasteiger partial charge in [0.2, 0.25) is 0 Å². The molecule has 0 aliphatic heterocycles. The van der Waals surface area contributed by atoms with E-state index in [4.69, 9.17) is 16.3 Å². The predicted octanol–water partition coefficient (Wildman–Crippen LogP) is 2.54. The van der Waals surface area contributed by atoms with Gasteiger partial charge in [0.05, 0.1) is 5.02 Å². The summed E-state index contributed by atoms with van der Waals surface area (Å²) >= 11 is 5.64. The topological polar surface area (TPSA) is 29.5 Å². The van der Waals surface area contributed by atoms with Crippen LogP contribution in [0.1, 0.15) is 0 Å². The molecule has 0 aromatic heterocycles. The van der Waals surface area contributed by atoms with E-state index in [1.165, 1.54) is 17.0 Å². The molecule has 0 aliphatic rings. The lowest BCUT2D eigenvalue weighted by Crippen LogP contribution is -2.25. The van der Waals surface area contributed by atoms with Crippen LogP contribution in [0.2, 0.25) is 5.02 Å². The Balaban J connectivity index is 2.82. The first-order valence-electron chi connectivity index (χ1n) is 3.85. The molecule has 0 atom stereocenters. The Morgan fingerprint density at radius 1 is 1.50 bits per heavy atom. The van der Waals surface area contributed by atoms with Crippen molar-refractivity contribution >= 4 is 17.7 Å². The number of hydrogen-bond donors (Lipinski definition) is 0. The molecule has 5 heteroatoms. The van der Waals surface area contributed by atoms with Crippen LogP contribution in [0.5, 0.6) is 5.75 Å². The highest BCUT2D eigenvalue weighted by Crippen LogP contribution is 2.25. The van der Waals surface area contributed by atoms with Gasteiger partial charge in [-0.15, -0.1) is 0 Å². The molecule has 0 saturated carbocycles. The van der Waals surface area contributed by atoms with Crippen molar-refractivity contribution in [1.82, 2.24) is 4.90 Å². The van der Waals surface area contributed by atoms with Crippen molar-refractivity contribution in [2.24, 2.45) is 0 Å². The lowest BCUT2D eigenvalue weighted by Gasteiger charge is -2.11. The summed E-state index contributed by atoms with van der Waals surface area (Å²) in [5.74, 6) is -0.327. The first-order valence-corrected chi connectivity index (χ1v) is 4.22. The molecule has 14 heavy (non-hydrogen) atoms. The molecule has 1 aromatic rings. The summed E-state index contributed by atoms with van der Waals surface area (Å²) in [5.41, 5.74) is 0. The summed E-state index contributed by atoms with van der Waals surface area (Å²) in [6.45, 7) is 0. The third-order valence-electron chi connectivity index (χ3n) is 1.46. The highest BCUT2D eigenvalue weighted by Gasteiger charge is 2.10. The zero-order chi connectivity index (χ0) is 10.7. The molecule has 3 nitrogen and oxygen atoms in total. The fourth-order valence-electron chi connectivity index (χ4n) is 0.743. The van der Waals surface area contributed by atoms with Gasteiger partial charge in [-0.2, -0.15) is 0 Å². The van der Waals surface area contributed by atoms with Crippen LogP contribution < -0.4 is 4.74 Å². The molecule has 1 aromatic carbocycles. The van der Waals surface area contributed by atoms with E-state index in [9.17, 15) is 9.18 Å². The van der Waals surface area contributed by atoms with Crippen LogP contribution in [0, 0.1) is 5.82 Å². The van der Waals surface area contributed by atoms with Crippen molar-refractivity contribution in [2.45, 2.75) is 0 Å². The zero-order valence-electron chi connectivity index (χ0n) is 7.75. The Hall–Kier alpha value is -1.29. The second-order valence-electron chi connectivity index (χ2n) is 2.84. The van der Waals surface area contributed by atoms with E-state index in [1.807, 2.05) is 0 Å². The molecular formula is C9H9ClFNO2. The van der Waals surface area contributed by atoms with Gasteiger partial charge in [0.1, 0.15) is 5.82 Å². The van der Waals surface area contributed by atoms with E-state index < -0.39 is 11.9 Å². The van der Waals surface area contributed by atoms with Crippen molar-refractivity contribution in [3.05, 3.63) is 29.0 Å². The summed E-state index contributed by atoms with van der Waals surface area (Å²) < 4.78 is 17.5. The van der Waals surface area contributed by atoms with Gasteiger partial charge >= 0.3 is 6.09 Å². The number of carbonyl (C=O) groups excluding carboxylic acids is 1. The number of nitrogens with zero attached hydrogens (tertiary/aromatic N) is 1. The molecule has 0 bridgehead atoms. The van der Waals surface area contributed by atoms with Crippen LogP contribution in [0.4, 0.5) is 9.18 Å². The number of amides is 1. The minimum atomic E-state index is -0.557. The van der Waals surface area contributed by atoms with Crippen molar-refractivity contribution in [3.8, 4) is 5.75 Å². The largest absolute Gasteiger partial charge is 0.414 e. The molecule has 76 valence electrons. The first-order chi connectivity index (χ1) is 6.50. The second kappa shape index (κ2) is 4.28. The summed E-state index contributed by atoms with van der Waals surface area (Å²) in [6, 6.07) is 3.56. The Bertz CT molecular complexity index is 355. The summed E-state index contributed by atoms with van der Waals surface area (Å²) in [5, 5.41) is 0.0696. The highest BCUT2D eigenvalue weighted by atomic mass is 35.5. The lowest BCUT2D eigenvalue weighted by molar-refractivity contribution is 0.172. The van der Waals surface area contributed by atoms with Crippen LogP contribution in [0.15, 0.2) is 18.2 Å². The number of rotatable bonds is 1. The van der Waals surface area contributed by atoms with E-state index in [1.54, 1.807) is 14.1 Å². The van der Waals surface area contributed by atoms with Gasteiger partial charge in [-0.3, -0.25) is 0 Å². The SMILES string of the molecule is CN(C)C(=O)Oc1ccc(F)cc1Cl. The summed E-state index contributed by atoms with van der Waals surface area (Å²) in [7, 11) is 3.08. The van der Waals surface area contributed by atoms with Gasteiger partial charge in [-0.05, 0) is 18.2 Å². The van der Waals surface area contributed by atoms with Crippen LogP contribution in [-0.4, -0.2) is 25.1 Å². The first kappa shape index (κ1) is 10.8. The number of benzene rings is 1. The Labute approximate surface area is 86.0 Å². The van der Waals surface area contributed by atoms with Crippen LogP contribution in [0.25, 0.3) is 0 Å². The van der Waals surface area contributed by atoms with Crippen molar-refractivity contribution < 1.29 is 13.9 Å². The molecule has 0 radical (unpaired) electrons. The van der Waals surface area contributed by atoms with Crippen molar-refractivity contribution in [1.29, 1.82) is 0 Å².